The van der Waals surface area contributed by atoms with Crippen LogP contribution in [0.1, 0.15) is 49.3 Å². The normalized spacial score (nSPS) is 26.2. The lowest BCUT2D eigenvalue weighted by molar-refractivity contribution is -0.147. The van der Waals surface area contributed by atoms with Crippen molar-refractivity contribution < 1.29 is 4.74 Å². The van der Waals surface area contributed by atoms with Crippen molar-refractivity contribution in [3.05, 3.63) is 33.8 Å². The highest BCUT2D eigenvalue weighted by molar-refractivity contribution is 9.10. The lowest BCUT2D eigenvalue weighted by Gasteiger charge is -2.48. The second-order valence-electron chi connectivity index (χ2n) is 6.34. The predicted octanol–water partition coefficient (Wildman–Crippen LogP) is 3.61. The van der Waals surface area contributed by atoms with Gasteiger partial charge in [0.15, 0.2) is 0 Å². The first-order valence-corrected chi connectivity index (χ1v) is 8.28. The first-order valence-electron chi connectivity index (χ1n) is 7.49. The fourth-order valence-corrected chi connectivity index (χ4v) is 4.34. The van der Waals surface area contributed by atoms with Gasteiger partial charge < -0.3 is 4.74 Å². The Hall–Kier alpha value is -0.420. The fraction of sp³-hybridized carbons (Fsp3) is 0.625. The van der Waals surface area contributed by atoms with Gasteiger partial charge in [0, 0.05) is 17.1 Å². The summed E-state index contributed by atoms with van der Waals surface area (Å²) in [6.07, 6.45) is 5.97. The maximum absolute atomic E-state index is 6.03. The van der Waals surface area contributed by atoms with Crippen LogP contribution in [0.25, 0.3) is 0 Å². The maximum Gasteiger partial charge on any atom is 0.0686 e. The van der Waals surface area contributed by atoms with E-state index in [0.29, 0.717) is 5.92 Å². The number of halogens is 1. The van der Waals surface area contributed by atoms with Crippen molar-refractivity contribution in [1.82, 2.24) is 5.43 Å². The summed E-state index contributed by atoms with van der Waals surface area (Å²) in [6, 6.07) is 6.76. The molecule has 1 aromatic rings. The van der Waals surface area contributed by atoms with E-state index in [4.69, 9.17) is 10.6 Å². The standard InChI is InChI=1S/C16H23BrN2O/c1-11-7-13(9-14(17)8-11)15(19-18)12-3-6-20-16(10-12)4-2-5-16/h7-9,12,15,19H,2-6,10,18H2,1H3. The Morgan fingerprint density at radius 2 is 2.20 bits per heavy atom. The monoisotopic (exact) mass is 338 g/mol. The van der Waals surface area contributed by atoms with Crippen molar-refractivity contribution in [3.63, 3.8) is 0 Å². The number of nitrogens with two attached hydrogens (primary N) is 1. The van der Waals surface area contributed by atoms with E-state index in [1.807, 2.05) is 0 Å². The Morgan fingerprint density at radius 1 is 1.40 bits per heavy atom. The van der Waals surface area contributed by atoms with E-state index in [1.54, 1.807) is 0 Å². The van der Waals surface area contributed by atoms with E-state index in [-0.39, 0.29) is 11.6 Å². The van der Waals surface area contributed by atoms with Gasteiger partial charge in [-0.2, -0.15) is 0 Å². The molecule has 1 aliphatic carbocycles. The molecule has 1 heterocycles. The number of aryl methyl sites for hydroxylation is 1. The summed E-state index contributed by atoms with van der Waals surface area (Å²) in [5.41, 5.74) is 5.76. The molecular weight excluding hydrogens is 316 g/mol. The molecule has 1 aromatic carbocycles. The van der Waals surface area contributed by atoms with E-state index < -0.39 is 0 Å². The van der Waals surface area contributed by atoms with Gasteiger partial charge in [-0.25, -0.2) is 0 Å². The molecule has 0 amide bonds. The molecule has 4 heteroatoms. The van der Waals surface area contributed by atoms with Crippen molar-refractivity contribution >= 4 is 15.9 Å². The molecule has 1 spiro atoms. The predicted molar refractivity (Wildman–Crippen MR) is 84.2 cm³/mol. The molecule has 3 N–H and O–H groups in total. The summed E-state index contributed by atoms with van der Waals surface area (Å²) in [5, 5.41) is 0. The van der Waals surface area contributed by atoms with Crippen LogP contribution in [-0.2, 0) is 4.74 Å². The van der Waals surface area contributed by atoms with Gasteiger partial charge >= 0.3 is 0 Å². The highest BCUT2D eigenvalue weighted by atomic mass is 79.9. The lowest BCUT2D eigenvalue weighted by atomic mass is 9.69. The second-order valence-corrected chi connectivity index (χ2v) is 7.26. The molecule has 2 atom stereocenters. The molecule has 3 nitrogen and oxygen atoms in total. The number of hydrogen-bond donors (Lipinski definition) is 2. The minimum atomic E-state index is 0.166. The first-order chi connectivity index (χ1) is 9.62. The summed E-state index contributed by atoms with van der Waals surface area (Å²) < 4.78 is 7.16. The number of nitrogens with one attached hydrogen (secondary N) is 1. The lowest BCUT2D eigenvalue weighted by Crippen LogP contribution is -2.48. The Bertz CT molecular complexity index is 467. The average Bonchev–Trinajstić information content (AvgIpc) is 2.37. The molecule has 0 aromatic heterocycles. The summed E-state index contributed by atoms with van der Waals surface area (Å²) in [4.78, 5) is 0. The molecule has 0 bridgehead atoms. The van der Waals surface area contributed by atoms with E-state index in [2.05, 4.69) is 46.5 Å². The van der Waals surface area contributed by atoms with Gasteiger partial charge in [0.05, 0.1) is 5.60 Å². The third kappa shape index (κ3) is 2.80. The number of hydrazine groups is 1. The van der Waals surface area contributed by atoms with E-state index in [1.165, 1.54) is 30.4 Å². The van der Waals surface area contributed by atoms with Crippen molar-refractivity contribution in [1.29, 1.82) is 0 Å². The Morgan fingerprint density at radius 3 is 2.80 bits per heavy atom. The van der Waals surface area contributed by atoms with Crippen LogP contribution in [0.2, 0.25) is 0 Å². The fourth-order valence-electron chi connectivity index (χ4n) is 3.72. The summed E-state index contributed by atoms with van der Waals surface area (Å²) >= 11 is 3.59. The molecule has 110 valence electrons. The van der Waals surface area contributed by atoms with Gasteiger partial charge in [0.1, 0.15) is 0 Å². The highest BCUT2D eigenvalue weighted by Crippen LogP contribution is 2.47. The Balaban J connectivity index is 1.81. The van der Waals surface area contributed by atoms with Gasteiger partial charge in [-0.1, -0.05) is 22.0 Å². The minimum Gasteiger partial charge on any atom is -0.375 e. The minimum absolute atomic E-state index is 0.166. The van der Waals surface area contributed by atoms with Gasteiger partial charge in [-0.3, -0.25) is 11.3 Å². The molecule has 20 heavy (non-hydrogen) atoms. The summed E-state index contributed by atoms with van der Waals surface area (Å²) in [6.45, 7) is 3.00. The molecule has 0 radical (unpaired) electrons. The third-order valence-electron chi connectivity index (χ3n) is 4.87. The smallest absolute Gasteiger partial charge is 0.0686 e. The van der Waals surface area contributed by atoms with Crippen LogP contribution >= 0.6 is 15.9 Å². The Labute approximate surface area is 129 Å². The number of benzene rings is 1. The van der Waals surface area contributed by atoms with Crippen LogP contribution in [0.3, 0.4) is 0 Å². The van der Waals surface area contributed by atoms with E-state index in [0.717, 1.165) is 23.9 Å². The quantitative estimate of drug-likeness (QED) is 0.653. The number of hydrogen-bond acceptors (Lipinski definition) is 3. The summed E-state index contributed by atoms with van der Waals surface area (Å²) in [7, 11) is 0. The molecule has 2 unspecified atom stereocenters. The van der Waals surface area contributed by atoms with Crippen LogP contribution in [0.15, 0.2) is 22.7 Å². The molecule has 1 saturated heterocycles. The summed E-state index contributed by atoms with van der Waals surface area (Å²) in [5.74, 6) is 6.44. The first kappa shape index (κ1) is 14.5. The highest BCUT2D eigenvalue weighted by Gasteiger charge is 2.44. The van der Waals surface area contributed by atoms with E-state index >= 15 is 0 Å². The van der Waals surface area contributed by atoms with Crippen molar-refractivity contribution in [2.24, 2.45) is 11.8 Å². The zero-order valence-electron chi connectivity index (χ0n) is 12.0. The molecule has 2 fully saturated rings. The van der Waals surface area contributed by atoms with Gasteiger partial charge in [-0.15, -0.1) is 0 Å². The second kappa shape index (κ2) is 5.76. The molecular formula is C16H23BrN2O. The third-order valence-corrected chi connectivity index (χ3v) is 5.33. The molecule has 1 saturated carbocycles. The zero-order chi connectivity index (χ0) is 14.2. The molecule has 3 rings (SSSR count). The van der Waals surface area contributed by atoms with Crippen LogP contribution in [0.5, 0.6) is 0 Å². The van der Waals surface area contributed by atoms with Crippen LogP contribution < -0.4 is 11.3 Å². The number of rotatable bonds is 3. The van der Waals surface area contributed by atoms with Crippen LogP contribution in [-0.4, -0.2) is 12.2 Å². The number of ether oxygens (including phenoxy) is 1. The Kier molecular flexibility index (Phi) is 4.18. The zero-order valence-corrected chi connectivity index (χ0v) is 13.6. The van der Waals surface area contributed by atoms with Crippen LogP contribution in [0.4, 0.5) is 0 Å². The van der Waals surface area contributed by atoms with Crippen LogP contribution in [0, 0.1) is 12.8 Å². The van der Waals surface area contributed by atoms with Crippen molar-refractivity contribution in [2.45, 2.75) is 50.7 Å². The van der Waals surface area contributed by atoms with Gasteiger partial charge in [-0.05, 0) is 68.2 Å². The van der Waals surface area contributed by atoms with Gasteiger partial charge in [0.25, 0.3) is 0 Å². The van der Waals surface area contributed by atoms with Gasteiger partial charge in [0.2, 0.25) is 0 Å². The average molecular weight is 339 g/mol. The van der Waals surface area contributed by atoms with Crippen molar-refractivity contribution in [2.75, 3.05) is 6.61 Å². The molecule has 1 aliphatic heterocycles. The largest absolute Gasteiger partial charge is 0.375 e. The molecule has 2 aliphatic rings. The SMILES string of the molecule is Cc1cc(Br)cc(C(NN)C2CCOC3(CCC3)C2)c1. The van der Waals surface area contributed by atoms with E-state index in [9.17, 15) is 0 Å². The topological polar surface area (TPSA) is 47.3 Å². The maximum atomic E-state index is 6.03. The van der Waals surface area contributed by atoms with Crippen molar-refractivity contribution in [3.8, 4) is 0 Å².